The van der Waals surface area contributed by atoms with Crippen molar-refractivity contribution >= 4 is 23.5 Å². The number of carboxylic acids is 1. The van der Waals surface area contributed by atoms with E-state index in [2.05, 4.69) is 11.7 Å². The molecule has 44 heavy (non-hydrogen) atoms. The summed E-state index contributed by atoms with van der Waals surface area (Å²) in [7, 11) is 1.30. The first-order valence-corrected chi connectivity index (χ1v) is 15.3. The molecule has 11 heteroatoms. The number of carbonyl (C=O) groups excluding carboxylic acids is 3. The molecule has 1 aromatic carbocycles. The van der Waals surface area contributed by atoms with Crippen molar-refractivity contribution in [3.63, 3.8) is 0 Å². The van der Waals surface area contributed by atoms with Crippen LogP contribution in [0.25, 0.3) is 0 Å². The Bertz CT molecular complexity index is 1310. The Hall–Kier alpha value is -3.12. The third kappa shape index (κ3) is 6.07. The van der Waals surface area contributed by atoms with E-state index in [1.54, 1.807) is 30.3 Å². The van der Waals surface area contributed by atoms with Gasteiger partial charge in [0.25, 0.3) is 0 Å². The molecule has 0 amide bonds. The fraction of sp³-hybridized carbons (Fsp3) is 0.636. The van der Waals surface area contributed by atoms with Crippen LogP contribution >= 0.6 is 0 Å². The van der Waals surface area contributed by atoms with Crippen LogP contribution in [0.2, 0.25) is 0 Å². The van der Waals surface area contributed by atoms with Crippen molar-refractivity contribution in [1.82, 2.24) is 0 Å². The predicted molar refractivity (Wildman–Crippen MR) is 158 cm³/mol. The molecule has 3 fully saturated rings. The van der Waals surface area contributed by atoms with Crippen LogP contribution < -0.4 is 5.73 Å². The van der Waals surface area contributed by atoms with E-state index in [9.17, 15) is 34.5 Å². The first-order chi connectivity index (χ1) is 20.6. The molecule has 0 bridgehead atoms. The standard InChI is InChI=1S/C23H32O7.C10H13NO3/c1-21-7-5-13(24)9-12(21)3-4-14-15-6-8-23(30,20(29)16(25)10-18(27)28)22(15,2)11-17(26)19(14)21;1-14-10(13)9(11)6-7-2-4-8(12)5-3-7/h9,14-17,19,25-26,30H,3-8,10-11H2,1-2H3,(H,27,28);2-5,9,12H,6,11H2,1H3/t14-,15-,16?,17-,19+,21-,22-,23-;/m0./s1. The third-order valence-corrected chi connectivity index (χ3v) is 11.0. The fourth-order valence-corrected chi connectivity index (χ4v) is 8.75. The number of nitrogens with two attached hydrogens (primary N) is 1. The highest BCUT2D eigenvalue weighted by molar-refractivity contribution is 5.94. The Balaban J connectivity index is 0.000000265. The molecule has 1 aromatic rings. The number of benzene rings is 1. The molecule has 0 aromatic heterocycles. The first-order valence-electron chi connectivity index (χ1n) is 15.3. The molecule has 3 saturated carbocycles. The number of Topliss-reactive ketones (excluding diaryl/α,β-unsaturated/α-hetero) is 1. The molecule has 242 valence electrons. The van der Waals surface area contributed by atoms with Gasteiger partial charge in [-0.2, -0.15) is 0 Å². The van der Waals surface area contributed by atoms with Crippen molar-refractivity contribution in [2.45, 2.75) is 95.5 Å². The smallest absolute Gasteiger partial charge is 0.322 e. The number of ether oxygens (including phenoxy) is 1. The number of carbonyl (C=O) groups is 4. The van der Waals surface area contributed by atoms with E-state index in [-0.39, 0.29) is 47.5 Å². The van der Waals surface area contributed by atoms with E-state index >= 15 is 0 Å². The Labute approximate surface area is 257 Å². The number of aromatic hydroxyl groups is 1. The number of aliphatic hydroxyl groups excluding tert-OH is 2. The third-order valence-electron chi connectivity index (χ3n) is 11.0. The van der Waals surface area contributed by atoms with Gasteiger partial charge in [-0.1, -0.05) is 31.6 Å². The van der Waals surface area contributed by atoms with E-state index in [0.717, 1.165) is 24.0 Å². The van der Waals surface area contributed by atoms with Crippen molar-refractivity contribution in [3.05, 3.63) is 41.5 Å². The molecule has 0 radical (unpaired) electrons. The van der Waals surface area contributed by atoms with Gasteiger partial charge in [0.2, 0.25) is 0 Å². The second-order valence-corrected chi connectivity index (χ2v) is 13.5. The van der Waals surface area contributed by atoms with E-state index in [0.29, 0.717) is 25.7 Å². The summed E-state index contributed by atoms with van der Waals surface area (Å²) in [5.74, 6) is -2.17. The molecule has 4 aliphatic rings. The lowest BCUT2D eigenvalue weighted by Crippen LogP contribution is -2.63. The van der Waals surface area contributed by atoms with Crippen molar-refractivity contribution in [1.29, 1.82) is 0 Å². The summed E-state index contributed by atoms with van der Waals surface area (Å²) < 4.78 is 4.49. The molecular formula is C33H45NO10. The highest BCUT2D eigenvalue weighted by Crippen LogP contribution is 2.67. The normalized spacial score (nSPS) is 35.4. The number of hydrogen-bond donors (Lipinski definition) is 6. The number of aliphatic hydroxyl groups is 3. The topological polar surface area (TPSA) is 205 Å². The summed E-state index contributed by atoms with van der Waals surface area (Å²) in [6.45, 7) is 3.95. The number of ketones is 2. The summed E-state index contributed by atoms with van der Waals surface area (Å²) in [4.78, 5) is 46.9. The van der Waals surface area contributed by atoms with Crippen LogP contribution in [0.1, 0.15) is 70.8 Å². The van der Waals surface area contributed by atoms with Crippen molar-refractivity contribution in [3.8, 4) is 5.75 Å². The van der Waals surface area contributed by atoms with Crippen LogP contribution in [0.5, 0.6) is 5.75 Å². The van der Waals surface area contributed by atoms with Gasteiger partial charge in [0.15, 0.2) is 11.6 Å². The molecule has 11 nitrogen and oxygen atoms in total. The maximum atomic E-state index is 13.0. The molecule has 2 unspecified atom stereocenters. The molecule has 4 aliphatic carbocycles. The van der Waals surface area contributed by atoms with Gasteiger partial charge in [0, 0.05) is 11.8 Å². The van der Waals surface area contributed by atoms with Crippen molar-refractivity contribution in [2.75, 3.05) is 7.11 Å². The van der Waals surface area contributed by atoms with Gasteiger partial charge < -0.3 is 36.0 Å². The van der Waals surface area contributed by atoms with Crippen LogP contribution in [0.15, 0.2) is 35.9 Å². The number of methoxy groups -OCH3 is 1. The molecule has 9 atom stereocenters. The first kappa shape index (κ1) is 33.8. The van der Waals surface area contributed by atoms with Gasteiger partial charge in [0.05, 0.1) is 19.6 Å². The van der Waals surface area contributed by atoms with E-state index in [1.807, 2.05) is 6.92 Å². The minimum Gasteiger partial charge on any atom is -0.508 e. The Morgan fingerprint density at radius 1 is 1.09 bits per heavy atom. The summed E-state index contributed by atoms with van der Waals surface area (Å²) in [6.07, 6.45) is 2.65. The number of hydrogen-bond acceptors (Lipinski definition) is 10. The quantitative estimate of drug-likeness (QED) is 0.245. The minimum atomic E-state index is -1.85. The number of rotatable bonds is 7. The molecule has 0 saturated heterocycles. The molecule has 0 spiro atoms. The van der Waals surface area contributed by atoms with Gasteiger partial charge in [-0.25, -0.2) is 0 Å². The minimum absolute atomic E-state index is 0.00659. The predicted octanol–water partition coefficient (Wildman–Crippen LogP) is 2.06. The van der Waals surface area contributed by atoms with Gasteiger partial charge in [-0.15, -0.1) is 0 Å². The van der Waals surface area contributed by atoms with Gasteiger partial charge in [0.1, 0.15) is 23.5 Å². The van der Waals surface area contributed by atoms with E-state index < -0.39 is 53.4 Å². The number of esters is 1. The van der Waals surface area contributed by atoms with Crippen molar-refractivity contribution in [2.24, 2.45) is 34.3 Å². The Morgan fingerprint density at radius 2 is 1.75 bits per heavy atom. The maximum Gasteiger partial charge on any atom is 0.322 e. The van der Waals surface area contributed by atoms with Gasteiger partial charge >= 0.3 is 11.9 Å². The number of carboxylic acid groups (broad SMARTS) is 1. The highest BCUT2D eigenvalue weighted by atomic mass is 16.5. The van der Waals surface area contributed by atoms with E-state index in [1.165, 1.54) is 7.11 Å². The monoisotopic (exact) mass is 615 g/mol. The molecular weight excluding hydrogens is 570 g/mol. The summed E-state index contributed by atoms with van der Waals surface area (Å²) in [5, 5.41) is 50.9. The second kappa shape index (κ2) is 12.7. The number of aliphatic carboxylic acids is 1. The molecule has 0 aliphatic heterocycles. The van der Waals surface area contributed by atoms with Crippen LogP contribution in [0.4, 0.5) is 0 Å². The average molecular weight is 616 g/mol. The lowest BCUT2D eigenvalue weighted by molar-refractivity contribution is -0.186. The second-order valence-electron chi connectivity index (χ2n) is 13.5. The maximum absolute atomic E-state index is 13.0. The number of phenols is 1. The van der Waals surface area contributed by atoms with E-state index in [4.69, 9.17) is 15.9 Å². The molecule has 0 heterocycles. The number of fused-ring (bicyclic) bond motifs is 5. The summed E-state index contributed by atoms with van der Waals surface area (Å²) in [6, 6.07) is 5.90. The highest BCUT2D eigenvalue weighted by Gasteiger charge is 2.68. The van der Waals surface area contributed by atoms with Crippen LogP contribution in [0, 0.1) is 28.6 Å². The number of allylic oxidation sites excluding steroid dienone is 1. The lowest BCUT2D eigenvalue weighted by atomic mass is 9.45. The SMILES string of the molecule is COC(=O)C(N)Cc1ccc(O)cc1.C[C@]12CCC(=O)C=C1CC[C@@H]1[C@@H]2[C@@H](O)C[C@@]2(C)[C@H]1CC[C@]2(O)C(=O)C(O)CC(=O)O. The Morgan fingerprint density at radius 3 is 2.36 bits per heavy atom. The largest absolute Gasteiger partial charge is 0.508 e. The van der Waals surface area contributed by atoms with Gasteiger partial charge in [-0.3, -0.25) is 19.2 Å². The van der Waals surface area contributed by atoms with Crippen LogP contribution in [0.3, 0.4) is 0 Å². The zero-order chi connectivity index (χ0) is 32.6. The summed E-state index contributed by atoms with van der Waals surface area (Å²) in [5.41, 5.74) is 4.53. The Kier molecular flexibility index (Phi) is 9.75. The van der Waals surface area contributed by atoms with Crippen molar-refractivity contribution < 1.29 is 49.4 Å². The average Bonchev–Trinajstić information content (AvgIpc) is 3.24. The van der Waals surface area contributed by atoms with Gasteiger partial charge in [-0.05, 0) is 91.9 Å². The zero-order valence-corrected chi connectivity index (χ0v) is 25.6. The zero-order valence-electron chi connectivity index (χ0n) is 25.6. The number of phenolic OH excluding ortho intramolecular Hbond substituents is 1. The lowest BCUT2D eigenvalue weighted by Gasteiger charge is -2.60. The van der Waals surface area contributed by atoms with Crippen LogP contribution in [-0.4, -0.2) is 80.0 Å². The fourth-order valence-electron chi connectivity index (χ4n) is 8.75. The van der Waals surface area contributed by atoms with Crippen LogP contribution in [-0.2, 0) is 30.3 Å². The molecule has 5 rings (SSSR count). The molecule has 7 N–H and O–H groups in total. The summed E-state index contributed by atoms with van der Waals surface area (Å²) >= 11 is 0.